The molecule has 0 saturated carbocycles. The van der Waals surface area contributed by atoms with Crippen LogP contribution in [-0.4, -0.2) is 5.91 Å². The molecule has 4 heteroatoms. The summed E-state index contributed by atoms with van der Waals surface area (Å²) in [6.07, 6.45) is 0.486. The Bertz CT molecular complexity index is 531. The molecule has 1 N–H and O–H groups in total. The van der Waals surface area contributed by atoms with Crippen molar-refractivity contribution in [1.82, 2.24) is 5.32 Å². The number of benzene rings is 1. The monoisotopic (exact) mass is 307 g/mol. The summed E-state index contributed by atoms with van der Waals surface area (Å²) in [6, 6.07) is 11.7. The smallest absolute Gasteiger partial charge is 0.220 e. The molecule has 0 aliphatic carbocycles. The molecule has 0 atom stereocenters. The summed E-state index contributed by atoms with van der Waals surface area (Å²) in [7, 11) is 0. The second-order valence-electron chi connectivity index (χ2n) is 3.90. The predicted molar refractivity (Wildman–Crippen MR) is 74.0 cm³/mol. The van der Waals surface area contributed by atoms with Gasteiger partial charge >= 0.3 is 0 Å². The number of nitrogens with one attached hydrogen (secondary N) is 1. The molecule has 0 aliphatic heterocycles. The van der Waals surface area contributed by atoms with E-state index in [-0.39, 0.29) is 5.91 Å². The highest BCUT2D eigenvalue weighted by atomic mass is 79.9. The molecule has 0 aliphatic rings. The number of carbonyl (C=O) groups excluding carboxylic acids is 1. The Hall–Kier alpha value is -1.55. The van der Waals surface area contributed by atoms with E-state index in [2.05, 4.69) is 21.2 Å². The van der Waals surface area contributed by atoms with Gasteiger partial charge in [-0.15, -0.1) is 0 Å². The molecular weight excluding hydrogens is 294 g/mol. The zero-order chi connectivity index (χ0) is 13.0. The van der Waals surface area contributed by atoms with Crippen molar-refractivity contribution in [2.45, 2.75) is 19.9 Å². The summed E-state index contributed by atoms with van der Waals surface area (Å²) in [5.41, 5.74) is 1.02. The van der Waals surface area contributed by atoms with Crippen molar-refractivity contribution in [3.05, 3.63) is 46.6 Å². The number of carbonyl (C=O) groups is 1. The fourth-order valence-corrected chi connectivity index (χ4v) is 1.82. The maximum atomic E-state index is 11.1. The molecule has 2 rings (SSSR count). The average Bonchev–Trinajstić information content (AvgIpc) is 2.85. The lowest BCUT2D eigenvalue weighted by molar-refractivity contribution is -0.121. The number of rotatable bonds is 4. The third-order valence-electron chi connectivity index (χ3n) is 2.57. The van der Waals surface area contributed by atoms with Crippen LogP contribution in [0.2, 0.25) is 0 Å². The minimum absolute atomic E-state index is 0.0246. The lowest BCUT2D eigenvalue weighted by atomic mass is 10.2. The number of hydrogen-bond donors (Lipinski definition) is 1. The molecule has 94 valence electrons. The van der Waals surface area contributed by atoms with E-state index < -0.39 is 0 Å². The van der Waals surface area contributed by atoms with Gasteiger partial charge in [0.15, 0.2) is 0 Å². The predicted octanol–water partition coefficient (Wildman–Crippen LogP) is 3.74. The highest BCUT2D eigenvalue weighted by Crippen LogP contribution is 2.23. The zero-order valence-corrected chi connectivity index (χ0v) is 11.7. The van der Waals surface area contributed by atoms with E-state index in [9.17, 15) is 4.79 Å². The molecule has 1 aromatic heterocycles. The highest BCUT2D eigenvalue weighted by molar-refractivity contribution is 9.10. The van der Waals surface area contributed by atoms with E-state index in [0.29, 0.717) is 13.0 Å². The second-order valence-corrected chi connectivity index (χ2v) is 4.82. The van der Waals surface area contributed by atoms with Crippen LogP contribution in [0.3, 0.4) is 0 Å². The van der Waals surface area contributed by atoms with E-state index in [1.54, 1.807) is 0 Å². The second kappa shape index (κ2) is 5.87. The lowest BCUT2D eigenvalue weighted by Gasteiger charge is -2.00. The maximum absolute atomic E-state index is 11.1. The molecule has 0 saturated heterocycles. The van der Waals surface area contributed by atoms with Gasteiger partial charge in [-0.05, 0) is 24.3 Å². The largest absolute Gasteiger partial charge is 0.459 e. The van der Waals surface area contributed by atoms with Gasteiger partial charge in [0, 0.05) is 16.5 Å². The summed E-state index contributed by atoms with van der Waals surface area (Å²) < 4.78 is 6.71. The Morgan fingerprint density at radius 3 is 2.61 bits per heavy atom. The fourth-order valence-electron chi connectivity index (χ4n) is 1.55. The Morgan fingerprint density at radius 2 is 1.94 bits per heavy atom. The average molecular weight is 308 g/mol. The SMILES string of the molecule is CCC(=O)NCc1ccc(-c2ccc(Br)cc2)o1. The van der Waals surface area contributed by atoms with Crippen molar-refractivity contribution in [3.8, 4) is 11.3 Å². The quantitative estimate of drug-likeness (QED) is 0.935. The summed E-state index contributed by atoms with van der Waals surface area (Å²) in [6.45, 7) is 2.26. The Labute approximate surface area is 114 Å². The van der Waals surface area contributed by atoms with Gasteiger partial charge in [0.1, 0.15) is 11.5 Å². The van der Waals surface area contributed by atoms with E-state index >= 15 is 0 Å². The molecule has 1 aromatic carbocycles. The summed E-state index contributed by atoms with van der Waals surface area (Å²) in [5.74, 6) is 1.59. The van der Waals surface area contributed by atoms with Crippen LogP contribution in [0.4, 0.5) is 0 Å². The van der Waals surface area contributed by atoms with Crippen molar-refractivity contribution < 1.29 is 9.21 Å². The Morgan fingerprint density at radius 1 is 1.22 bits per heavy atom. The zero-order valence-electron chi connectivity index (χ0n) is 10.1. The van der Waals surface area contributed by atoms with Crippen molar-refractivity contribution in [2.24, 2.45) is 0 Å². The molecule has 0 radical (unpaired) electrons. The van der Waals surface area contributed by atoms with Gasteiger partial charge in [0.05, 0.1) is 6.54 Å². The van der Waals surface area contributed by atoms with Gasteiger partial charge in [-0.25, -0.2) is 0 Å². The van der Waals surface area contributed by atoms with Gasteiger partial charge in [-0.2, -0.15) is 0 Å². The summed E-state index contributed by atoms with van der Waals surface area (Å²) in [5, 5.41) is 2.78. The fraction of sp³-hybridized carbons (Fsp3) is 0.214. The summed E-state index contributed by atoms with van der Waals surface area (Å²) >= 11 is 3.39. The molecule has 2 aromatic rings. The highest BCUT2D eigenvalue weighted by Gasteiger charge is 2.05. The van der Waals surface area contributed by atoms with Crippen LogP contribution >= 0.6 is 15.9 Å². The Kier molecular flexibility index (Phi) is 4.20. The number of hydrogen-bond acceptors (Lipinski definition) is 2. The number of amides is 1. The van der Waals surface area contributed by atoms with Crippen molar-refractivity contribution in [1.29, 1.82) is 0 Å². The standard InChI is InChI=1S/C14H14BrNO2/c1-2-14(17)16-9-12-7-8-13(18-12)10-3-5-11(15)6-4-10/h3-8H,2,9H2,1H3,(H,16,17). The van der Waals surface area contributed by atoms with Crippen LogP contribution < -0.4 is 5.32 Å². The van der Waals surface area contributed by atoms with E-state index in [1.165, 1.54) is 0 Å². The molecule has 0 spiro atoms. The molecule has 0 bridgehead atoms. The van der Waals surface area contributed by atoms with Crippen LogP contribution in [0.25, 0.3) is 11.3 Å². The number of halogens is 1. The molecular formula is C14H14BrNO2. The van der Waals surface area contributed by atoms with Gasteiger partial charge in [0.25, 0.3) is 0 Å². The van der Waals surface area contributed by atoms with Crippen molar-refractivity contribution in [2.75, 3.05) is 0 Å². The van der Waals surface area contributed by atoms with Gasteiger partial charge in [0.2, 0.25) is 5.91 Å². The third-order valence-corrected chi connectivity index (χ3v) is 3.10. The van der Waals surface area contributed by atoms with Gasteiger partial charge in [-0.1, -0.05) is 35.0 Å². The first-order chi connectivity index (χ1) is 8.69. The lowest BCUT2D eigenvalue weighted by Crippen LogP contribution is -2.20. The van der Waals surface area contributed by atoms with Crippen LogP contribution in [0.1, 0.15) is 19.1 Å². The minimum Gasteiger partial charge on any atom is -0.459 e. The van der Waals surface area contributed by atoms with E-state index in [0.717, 1.165) is 21.6 Å². The molecule has 3 nitrogen and oxygen atoms in total. The number of furan rings is 1. The van der Waals surface area contributed by atoms with Crippen LogP contribution in [0.15, 0.2) is 45.3 Å². The topological polar surface area (TPSA) is 42.2 Å². The third kappa shape index (κ3) is 3.23. The summed E-state index contributed by atoms with van der Waals surface area (Å²) in [4.78, 5) is 11.1. The van der Waals surface area contributed by atoms with Crippen LogP contribution in [0.5, 0.6) is 0 Å². The molecule has 18 heavy (non-hydrogen) atoms. The maximum Gasteiger partial charge on any atom is 0.220 e. The van der Waals surface area contributed by atoms with Gasteiger partial charge < -0.3 is 9.73 Å². The first-order valence-electron chi connectivity index (χ1n) is 5.80. The molecule has 1 heterocycles. The van der Waals surface area contributed by atoms with Crippen molar-refractivity contribution >= 4 is 21.8 Å². The van der Waals surface area contributed by atoms with E-state index in [4.69, 9.17) is 4.42 Å². The first-order valence-corrected chi connectivity index (χ1v) is 6.59. The molecule has 0 unspecified atom stereocenters. The first kappa shape index (κ1) is 12.9. The molecule has 1 amide bonds. The van der Waals surface area contributed by atoms with Gasteiger partial charge in [-0.3, -0.25) is 4.79 Å². The van der Waals surface area contributed by atoms with E-state index in [1.807, 2.05) is 43.3 Å². The Balaban J connectivity index is 2.06. The van der Waals surface area contributed by atoms with Crippen molar-refractivity contribution in [3.63, 3.8) is 0 Å². The van der Waals surface area contributed by atoms with Crippen LogP contribution in [-0.2, 0) is 11.3 Å². The minimum atomic E-state index is 0.0246. The van der Waals surface area contributed by atoms with Crippen LogP contribution in [0, 0.1) is 0 Å². The normalized spacial score (nSPS) is 10.3. The molecule has 0 fully saturated rings.